The number of hydrogen-bond acceptors (Lipinski definition) is 3. The molecule has 2 heterocycles. The molecule has 1 aliphatic carbocycles. The maximum absolute atomic E-state index is 12.3. The number of hydrogen-bond donors (Lipinski definition) is 2. The molecule has 2 atom stereocenters. The van der Waals surface area contributed by atoms with Crippen LogP contribution in [0.2, 0.25) is 0 Å². The normalized spacial score (nSPS) is 22.9. The fourth-order valence-electron chi connectivity index (χ4n) is 4.27. The van der Waals surface area contributed by atoms with Gasteiger partial charge in [-0.2, -0.15) is 0 Å². The maximum atomic E-state index is 12.3. The van der Waals surface area contributed by atoms with Gasteiger partial charge >= 0.3 is 0 Å². The van der Waals surface area contributed by atoms with Crippen molar-refractivity contribution in [1.29, 1.82) is 0 Å². The zero-order chi connectivity index (χ0) is 17.8. The lowest BCUT2D eigenvalue weighted by molar-refractivity contribution is -0.116. The number of rotatable bonds is 1. The summed E-state index contributed by atoms with van der Waals surface area (Å²) in [5.41, 5.74) is 4.24. The van der Waals surface area contributed by atoms with Crippen molar-refractivity contribution in [2.75, 3.05) is 5.32 Å². The SMILES string of the molecule is CC(C)(C)[C@@H]1CCc2c(sc3c2[C@@H](c2ccc(O)cc2)CC(=O)N3)C1. The summed E-state index contributed by atoms with van der Waals surface area (Å²) in [6, 6.07) is 7.34. The minimum Gasteiger partial charge on any atom is -0.508 e. The third kappa shape index (κ3) is 2.97. The Balaban J connectivity index is 1.76. The molecule has 0 unspecified atom stereocenters. The first-order valence-electron chi connectivity index (χ1n) is 9.06. The molecule has 4 rings (SSSR count). The number of benzene rings is 1. The highest BCUT2D eigenvalue weighted by Gasteiger charge is 2.37. The van der Waals surface area contributed by atoms with Crippen LogP contribution in [0.25, 0.3) is 0 Å². The van der Waals surface area contributed by atoms with Crippen LogP contribution < -0.4 is 5.32 Å². The molecule has 0 saturated heterocycles. The van der Waals surface area contributed by atoms with Crippen molar-refractivity contribution < 1.29 is 9.90 Å². The fourth-order valence-corrected chi connectivity index (χ4v) is 5.67. The van der Waals surface area contributed by atoms with Crippen LogP contribution in [0.3, 0.4) is 0 Å². The minimum absolute atomic E-state index is 0.0940. The number of phenols is 1. The maximum Gasteiger partial charge on any atom is 0.225 e. The highest BCUT2D eigenvalue weighted by molar-refractivity contribution is 7.16. The quantitative estimate of drug-likeness (QED) is 0.749. The molecule has 2 N–H and O–H groups in total. The van der Waals surface area contributed by atoms with Crippen molar-refractivity contribution in [1.82, 2.24) is 0 Å². The third-order valence-electron chi connectivity index (χ3n) is 5.82. The number of carbonyl (C=O) groups excluding carboxylic acids is 1. The zero-order valence-corrected chi connectivity index (χ0v) is 15.9. The lowest BCUT2D eigenvalue weighted by atomic mass is 9.71. The van der Waals surface area contributed by atoms with E-state index in [2.05, 4.69) is 26.1 Å². The number of fused-ring (bicyclic) bond motifs is 3. The molecule has 0 spiro atoms. The Morgan fingerprint density at radius 1 is 1.16 bits per heavy atom. The van der Waals surface area contributed by atoms with Gasteiger partial charge in [-0.25, -0.2) is 0 Å². The Morgan fingerprint density at radius 3 is 2.56 bits per heavy atom. The van der Waals surface area contributed by atoms with E-state index in [9.17, 15) is 9.90 Å². The van der Waals surface area contributed by atoms with Gasteiger partial charge in [0.05, 0.1) is 5.00 Å². The first kappa shape index (κ1) is 16.6. The van der Waals surface area contributed by atoms with Crippen molar-refractivity contribution in [3.05, 3.63) is 45.8 Å². The number of aromatic hydroxyl groups is 1. The van der Waals surface area contributed by atoms with E-state index in [0.29, 0.717) is 17.8 Å². The van der Waals surface area contributed by atoms with Crippen molar-refractivity contribution in [2.24, 2.45) is 11.3 Å². The van der Waals surface area contributed by atoms with Crippen molar-refractivity contribution in [2.45, 2.75) is 52.4 Å². The first-order chi connectivity index (χ1) is 11.8. The number of amides is 1. The van der Waals surface area contributed by atoms with E-state index in [-0.39, 0.29) is 17.6 Å². The van der Waals surface area contributed by atoms with Crippen LogP contribution in [0.4, 0.5) is 5.00 Å². The molecule has 2 aromatic rings. The summed E-state index contributed by atoms with van der Waals surface area (Å²) < 4.78 is 0. The second-order valence-electron chi connectivity index (χ2n) is 8.45. The Morgan fingerprint density at radius 2 is 1.88 bits per heavy atom. The second-order valence-corrected chi connectivity index (χ2v) is 9.55. The Labute approximate surface area is 153 Å². The largest absolute Gasteiger partial charge is 0.508 e. The Bertz CT molecular complexity index is 814. The predicted molar refractivity (Wildman–Crippen MR) is 102 cm³/mol. The van der Waals surface area contributed by atoms with E-state index in [1.807, 2.05) is 12.1 Å². The minimum atomic E-state index is 0.0940. The predicted octanol–water partition coefficient (Wildman–Crippen LogP) is 5.08. The lowest BCUT2D eigenvalue weighted by Gasteiger charge is -2.34. The molecule has 0 radical (unpaired) electrons. The summed E-state index contributed by atoms with van der Waals surface area (Å²) in [6.07, 6.45) is 3.93. The lowest BCUT2D eigenvalue weighted by Crippen LogP contribution is -2.27. The molecule has 0 bridgehead atoms. The molecular weight excluding hydrogens is 330 g/mol. The molecule has 1 amide bonds. The fraction of sp³-hybridized carbons (Fsp3) is 0.476. The van der Waals surface area contributed by atoms with Crippen LogP contribution in [0.15, 0.2) is 24.3 Å². The molecule has 1 aromatic carbocycles. The van der Waals surface area contributed by atoms with E-state index in [0.717, 1.165) is 23.4 Å². The number of phenolic OH excluding ortho intramolecular Hbond substituents is 1. The summed E-state index contributed by atoms with van der Waals surface area (Å²) in [5.74, 6) is 1.17. The topological polar surface area (TPSA) is 49.3 Å². The Kier molecular flexibility index (Phi) is 3.91. The van der Waals surface area contributed by atoms with E-state index in [4.69, 9.17) is 0 Å². The average Bonchev–Trinajstić information content (AvgIpc) is 2.91. The molecule has 0 fully saturated rings. The van der Waals surface area contributed by atoms with E-state index < -0.39 is 0 Å². The summed E-state index contributed by atoms with van der Waals surface area (Å²) in [4.78, 5) is 13.7. The van der Waals surface area contributed by atoms with Gasteiger partial charge in [-0.05, 0) is 59.4 Å². The van der Waals surface area contributed by atoms with E-state index in [1.54, 1.807) is 23.5 Å². The molecule has 4 heteroatoms. The number of nitrogens with one attached hydrogen (secondary N) is 1. The summed E-state index contributed by atoms with van der Waals surface area (Å²) in [5, 5.41) is 13.7. The van der Waals surface area contributed by atoms with Crippen molar-refractivity contribution in [3.63, 3.8) is 0 Å². The molecule has 3 nitrogen and oxygen atoms in total. The van der Waals surface area contributed by atoms with E-state index >= 15 is 0 Å². The second kappa shape index (κ2) is 5.87. The van der Waals surface area contributed by atoms with Gasteiger partial charge < -0.3 is 10.4 Å². The van der Waals surface area contributed by atoms with Gasteiger partial charge in [-0.1, -0.05) is 32.9 Å². The molecule has 1 aromatic heterocycles. The average molecular weight is 356 g/mol. The van der Waals surface area contributed by atoms with Crippen molar-refractivity contribution in [3.8, 4) is 5.75 Å². The Hall–Kier alpha value is -1.81. The van der Waals surface area contributed by atoms with Gasteiger partial charge in [-0.3, -0.25) is 4.79 Å². The highest BCUT2D eigenvalue weighted by atomic mass is 32.1. The van der Waals surface area contributed by atoms with Gasteiger partial charge in [0, 0.05) is 17.2 Å². The number of thiophene rings is 1. The van der Waals surface area contributed by atoms with Crippen LogP contribution in [0.5, 0.6) is 5.75 Å². The van der Waals surface area contributed by atoms with Crippen molar-refractivity contribution >= 4 is 22.2 Å². The standard InChI is InChI=1S/C21H25NO2S/c1-21(2,3)13-6-9-15-17(10-13)25-20-19(15)16(11-18(24)22-20)12-4-7-14(23)8-5-12/h4-5,7-8,13,16,23H,6,9-11H2,1-3H3,(H,22,24)/t13-,16-/m1/s1. The van der Waals surface area contributed by atoms with Gasteiger partial charge in [0.15, 0.2) is 0 Å². The molecule has 0 saturated carbocycles. The molecule has 132 valence electrons. The summed E-state index contributed by atoms with van der Waals surface area (Å²) in [6.45, 7) is 6.99. The zero-order valence-electron chi connectivity index (χ0n) is 15.1. The molecular formula is C21H25NO2S. The molecule has 25 heavy (non-hydrogen) atoms. The summed E-state index contributed by atoms with van der Waals surface area (Å²) >= 11 is 1.78. The van der Waals surface area contributed by atoms with Gasteiger partial charge in [0.2, 0.25) is 5.91 Å². The number of anilines is 1. The summed E-state index contributed by atoms with van der Waals surface area (Å²) in [7, 11) is 0. The van der Waals surface area contributed by atoms with Crippen LogP contribution in [0, 0.1) is 11.3 Å². The van der Waals surface area contributed by atoms with Crippen LogP contribution in [0.1, 0.15) is 61.1 Å². The molecule has 1 aliphatic heterocycles. The third-order valence-corrected chi connectivity index (χ3v) is 7.00. The number of carbonyl (C=O) groups is 1. The van der Waals surface area contributed by atoms with Crippen LogP contribution in [-0.4, -0.2) is 11.0 Å². The smallest absolute Gasteiger partial charge is 0.225 e. The van der Waals surface area contributed by atoms with Gasteiger partial charge in [-0.15, -0.1) is 11.3 Å². The monoisotopic (exact) mass is 355 g/mol. The van der Waals surface area contributed by atoms with E-state index in [1.165, 1.54) is 22.4 Å². The van der Waals surface area contributed by atoms with Gasteiger partial charge in [0.1, 0.15) is 5.75 Å². The highest BCUT2D eigenvalue weighted by Crippen LogP contribution is 2.50. The van der Waals surface area contributed by atoms with Gasteiger partial charge in [0.25, 0.3) is 0 Å². The van der Waals surface area contributed by atoms with Crippen LogP contribution in [-0.2, 0) is 17.6 Å². The van der Waals surface area contributed by atoms with Crippen LogP contribution >= 0.6 is 11.3 Å². The first-order valence-corrected chi connectivity index (χ1v) is 9.88. The molecule has 2 aliphatic rings.